The SMILES string of the molecule is CNC(C)(C)C1OC(C)C(C)C1C. The standard InChI is InChI=1S/C11H23NO/c1-7-8(2)10(13-9(7)3)11(4,5)12-6/h7-10,12H,1-6H3. The molecule has 0 bridgehead atoms. The van der Waals surface area contributed by atoms with Gasteiger partial charge >= 0.3 is 0 Å². The maximum atomic E-state index is 5.98. The van der Waals surface area contributed by atoms with Gasteiger partial charge in [-0.1, -0.05) is 13.8 Å². The topological polar surface area (TPSA) is 21.3 Å². The van der Waals surface area contributed by atoms with Crippen molar-refractivity contribution in [1.82, 2.24) is 5.32 Å². The summed E-state index contributed by atoms with van der Waals surface area (Å²) >= 11 is 0. The molecule has 1 aliphatic heterocycles. The predicted octanol–water partition coefficient (Wildman–Crippen LogP) is 2.04. The van der Waals surface area contributed by atoms with Gasteiger partial charge in [-0.25, -0.2) is 0 Å². The average Bonchev–Trinajstić information content (AvgIpc) is 2.33. The highest BCUT2D eigenvalue weighted by molar-refractivity contribution is 4.96. The molecule has 0 aliphatic carbocycles. The van der Waals surface area contributed by atoms with E-state index in [1.54, 1.807) is 0 Å². The molecule has 78 valence electrons. The third kappa shape index (κ3) is 1.89. The predicted molar refractivity (Wildman–Crippen MR) is 55.8 cm³/mol. The first kappa shape index (κ1) is 11.0. The summed E-state index contributed by atoms with van der Waals surface area (Å²) in [7, 11) is 2.00. The Morgan fingerprint density at radius 2 is 1.62 bits per heavy atom. The zero-order valence-corrected chi connectivity index (χ0v) is 9.72. The molecule has 2 heteroatoms. The Labute approximate surface area is 82.0 Å². The van der Waals surface area contributed by atoms with E-state index in [0.29, 0.717) is 24.0 Å². The molecule has 0 saturated carbocycles. The van der Waals surface area contributed by atoms with Crippen LogP contribution in [0.4, 0.5) is 0 Å². The molecule has 2 nitrogen and oxygen atoms in total. The summed E-state index contributed by atoms with van der Waals surface area (Å²) in [6, 6.07) is 0. The van der Waals surface area contributed by atoms with Gasteiger partial charge in [0.15, 0.2) is 0 Å². The molecule has 1 rings (SSSR count). The maximum Gasteiger partial charge on any atom is 0.0783 e. The van der Waals surface area contributed by atoms with Gasteiger partial charge in [0.25, 0.3) is 0 Å². The molecule has 1 heterocycles. The van der Waals surface area contributed by atoms with Crippen LogP contribution in [-0.2, 0) is 4.74 Å². The minimum absolute atomic E-state index is 0.0818. The molecular formula is C11H23NO. The monoisotopic (exact) mass is 185 g/mol. The Bertz CT molecular complexity index is 179. The highest BCUT2D eigenvalue weighted by Crippen LogP contribution is 2.36. The molecule has 0 radical (unpaired) electrons. The number of hydrogen-bond acceptors (Lipinski definition) is 2. The molecule has 1 fully saturated rings. The summed E-state index contributed by atoms with van der Waals surface area (Å²) in [5, 5.41) is 3.33. The number of nitrogens with one attached hydrogen (secondary N) is 1. The Hall–Kier alpha value is -0.0800. The van der Waals surface area contributed by atoms with Gasteiger partial charge < -0.3 is 10.1 Å². The van der Waals surface area contributed by atoms with E-state index in [0.717, 1.165) is 0 Å². The van der Waals surface area contributed by atoms with Gasteiger partial charge in [0, 0.05) is 5.54 Å². The van der Waals surface area contributed by atoms with E-state index in [4.69, 9.17) is 4.74 Å². The smallest absolute Gasteiger partial charge is 0.0783 e. The molecule has 1 saturated heterocycles. The molecule has 13 heavy (non-hydrogen) atoms. The van der Waals surface area contributed by atoms with Crippen LogP contribution in [0.15, 0.2) is 0 Å². The van der Waals surface area contributed by atoms with Crippen LogP contribution in [-0.4, -0.2) is 24.8 Å². The van der Waals surface area contributed by atoms with Crippen molar-refractivity contribution in [3.63, 3.8) is 0 Å². The lowest BCUT2D eigenvalue weighted by Crippen LogP contribution is -2.50. The zero-order chi connectivity index (χ0) is 10.2. The fourth-order valence-electron chi connectivity index (χ4n) is 2.15. The van der Waals surface area contributed by atoms with Gasteiger partial charge in [0.05, 0.1) is 12.2 Å². The van der Waals surface area contributed by atoms with Crippen molar-refractivity contribution < 1.29 is 4.74 Å². The summed E-state index contributed by atoms with van der Waals surface area (Å²) < 4.78 is 5.98. The fourth-order valence-corrected chi connectivity index (χ4v) is 2.15. The van der Waals surface area contributed by atoms with Crippen molar-refractivity contribution in [1.29, 1.82) is 0 Å². The minimum atomic E-state index is 0.0818. The quantitative estimate of drug-likeness (QED) is 0.711. The molecule has 4 unspecified atom stereocenters. The molecule has 0 aromatic rings. The van der Waals surface area contributed by atoms with Gasteiger partial charge in [-0.05, 0) is 39.7 Å². The van der Waals surface area contributed by atoms with Crippen molar-refractivity contribution in [3.05, 3.63) is 0 Å². The van der Waals surface area contributed by atoms with Crippen molar-refractivity contribution >= 4 is 0 Å². The van der Waals surface area contributed by atoms with E-state index in [2.05, 4.69) is 39.9 Å². The van der Waals surface area contributed by atoms with Crippen LogP contribution < -0.4 is 5.32 Å². The van der Waals surface area contributed by atoms with E-state index in [-0.39, 0.29) is 5.54 Å². The van der Waals surface area contributed by atoms with Crippen molar-refractivity contribution in [3.8, 4) is 0 Å². The lowest BCUT2D eigenvalue weighted by molar-refractivity contribution is -0.00665. The summed E-state index contributed by atoms with van der Waals surface area (Å²) in [6.07, 6.45) is 0.732. The lowest BCUT2D eigenvalue weighted by Gasteiger charge is -2.33. The van der Waals surface area contributed by atoms with Crippen molar-refractivity contribution in [2.75, 3.05) is 7.05 Å². The molecule has 0 aromatic heterocycles. The van der Waals surface area contributed by atoms with E-state index in [9.17, 15) is 0 Å². The van der Waals surface area contributed by atoms with Gasteiger partial charge in [0.2, 0.25) is 0 Å². The van der Waals surface area contributed by atoms with Gasteiger partial charge in [-0.15, -0.1) is 0 Å². The van der Waals surface area contributed by atoms with Crippen LogP contribution in [0.25, 0.3) is 0 Å². The molecule has 1 aliphatic rings. The van der Waals surface area contributed by atoms with E-state index in [1.807, 2.05) is 7.05 Å². The summed E-state index contributed by atoms with van der Waals surface area (Å²) in [5.74, 6) is 1.30. The normalized spacial score (nSPS) is 41.1. The average molecular weight is 185 g/mol. The molecular weight excluding hydrogens is 162 g/mol. The Morgan fingerprint density at radius 1 is 1.08 bits per heavy atom. The highest BCUT2D eigenvalue weighted by Gasteiger charge is 2.43. The van der Waals surface area contributed by atoms with Crippen LogP contribution >= 0.6 is 0 Å². The minimum Gasteiger partial charge on any atom is -0.373 e. The Balaban J connectivity index is 2.73. The highest BCUT2D eigenvalue weighted by atomic mass is 16.5. The van der Waals surface area contributed by atoms with Crippen molar-refractivity contribution in [2.24, 2.45) is 11.8 Å². The van der Waals surface area contributed by atoms with Crippen LogP contribution in [0.5, 0.6) is 0 Å². The molecule has 0 aromatic carbocycles. The third-order valence-corrected chi connectivity index (χ3v) is 3.76. The lowest BCUT2D eigenvalue weighted by atomic mass is 9.82. The summed E-state index contributed by atoms with van der Waals surface area (Å²) in [6.45, 7) is 11.2. The van der Waals surface area contributed by atoms with E-state index < -0.39 is 0 Å². The van der Waals surface area contributed by atoms with Crippen molar-refractivity contribution in [2.45, 2.75) is 52.4 Å². The van der Waals surface area contributed by atoms with Gasteiger partial charge in [0.1, 0.15) is 0 Å². The molecule has 4 atom stereocenters. The van der Waals surface area contributed by atoms with Crippen LogP contribution in [0.1, 0.15) is 34.6 Å². The van der Waals surface area contributed by atoms with Crippen LogP contribution in [0.2, 0.25) is 0 Å². The number of ether oxygens (including phenoxy) is 1. The summed E-state index contributed by atoms with van der Waals surface area (Å²) in [5.41, 5.74) is 0.0818. The largest absolute Gasteiger partial charge is 0.373 e. The zero-order valence-electron chi connectivity index (χ0n) is 9.72. The Morgan fingerprint density at radius 3 is 1.92 bits per heavy atom. The van der Waals surface area contributed by atoms with Crippen LogP contribution in [0.3, 0.4) is 0 Å². The fraction of sp³-hybridized carbons (Fsp3) is 1.00. The second-order valence-electron chi connectivity index (χ2n) is 4.95. The first-order valence-electron chi connectivity index (χ1n) is 5.24. The second kappa shape index (κ2) is 3.58. The van der Waals surface area contributed by atoms with Crippen LogP contribution in [0, 0.1) is 11.8 Å². The second-order valence-corrected chi connectivity index (χ2v) is 4.95. The van der Waals surface area contributed by atoms with E-state index >= 15 is 0 Å². The molecule has 0 amide bonds. The first-order valence-corrected chi connectivity index (χ1v) is 5.24. The molecule has 0 spiro atoms. The van der Waals surface area contributed by atoms with Gasteiger partial charge in [-0.3, -0.25) is 0 Å². The Kier molecular flexibility index (Phi) is 3.03. The summed E-state index contributed by atoms with van der Waals surface area (Å²) in [4.78, 5) is 0. The number of likely N-dealkylation sites (N-methyl/N-ethyl adjacent to an activating group) is 1. The first-order chi connectivity index (χ1) is 5.90. The maximum absolute atomic E-state index is 5.98. The van der Waals surface area contributed by atoms with Gasteiger partial charge in [-0.2, -0.15) is 0 Å². The number of hydrogen-bond donors (Lipinski definition) is 1. The van der Waals surface area contributed by atoms with E-state index in [1.165, 1.54) is 0 Å². The third-order valence-electron chi connectivity index (χ3n) is 3.76. The number of rotatable bonds is 2. The molecule has 1 N–H and O–H groups in total.